The molecular formula is C15H17N3O. The maximum absolute atomic E-state index is 5.88. The Hall–Kier alpha value is -2.36. The monoisotopic (exact) mass is 255 g/mol. The van der Waals surface area contributed by atoms with Crippen LogP contribution in [-0.4, -0.2) is 18.4 Å². The molecule has 98 valence electrons. The summed E-state index contributed by atoms with van der Waals surface area (Å²) in [6.07, 6.45) is 5.33. The minimum absolute atomic E-state index is 0.695. The molecule has 0 amide bonds. The molecular weight excluding hydrogens is 238 g/mol. The van der Waals surface area contributed by atoms with E-state index in [-0.39, 0.29) is 0 Å². The summed E-state index contributed by atoms with van der Waals surface area (Å²) in [6, 6.07) is 7.65. The van der Waals surface area contributed by atoms with Crippen molar-refractivity contribution in [2.24, 2.45) is 4.99 Å². The molecule has 0 aliphatic carbocycles. The highest BCUT2D eigenvalue weighted by Crippen LogP contribution is 2.24. The van der Waals surface area contributed by atoms with Gasteiger partial charge in [0.25, 0.3) is 0 Å². The molecule has 0 unspecified atom stereocenters. The van der Waals surface area contributed by atoms with Crippen molar-refractivity contribution in [2.75, 3.05) is 12.8 Å². The Kier molecular flexibility index (Phi) is 4.13. The van der Waals surface area contributed by atoms with Gasteiger partial charge >= 0.3 is 0 Å². The summed E-state index contributed by atoms with van der Waals surface area (Å²) in [6.45, 7) is 3.70. The van der Waals surface area contributed by atoms with Crippen LogP contribution in [0, 0.1) is 0 Å². The van der Waals surface area contributed by atoms with Crippen molar-refractivity contribution in [1.29, 1.82) is 0 Å². The summed E-state index contributed by atoms with van der Waals surface area (Å²) < 4.78 is 5.35. The summed E-state index contributed by atoms with van der Waals surface area (Å²) in [4.78, 5) is 3.98. The molecule has 4 heteroatoms. The third-order valence-electron chi connectivity index (χ3n) is 2.80. The molecule has 1 aromatic heterocycles. The van der Waals surface area contributed by atoms with Gasteiger partial charge in [-0.3, -0.25) is 4.99 Å². The first-order chi connectivity index (χ1) is 9.24. The lowest BCUT2D eigenvalue weighted by Crippen LogP contribution is -1.93. The first-order valence-corrected chi connectivity index (χ1v) is 6.13. The van der Waals surface area contributed by atoms with Crippen LogP contribution in [0.15, 0.2) is 46.4 Å². The van der Waals surface area contributed by atoms with Crippen LogP contribution in [0.25, 0.3) is 11.3 Å². The quantitative estimate of drug-likeness (QED) is 0.507. The second kappa shape index (κ2) is 6.00. The van der Waals surface area contributed by atoms with E-state index in [0.29, 0.717) is 5.69 Å². The van der Waals surface area contributed by atoms with Crippen molar-refractivity contribution in [3.05, 3.63) is 48.2 Å². The standard InChI is InChI=1S/C15H17N3O/c1-3-4-5-13-9-15(19-18-13)11-6-7-14(16)12(8-11)10-17-2/h3,6-10H,1,4-5,16H2,2H3. The lowest BCUT2D eigenvalue weighted by atomic mass is 10.1. The molecule has 1 heterocycles. The highest BCUT2D eigenvalue weighted by molar-refractivity contribution is 5.88. The zero-order valence-corrected chi connectivity index (χ0v) is 11.0. The summed E-state index contributed by atoms with van der Waals surface area (Å²) in [5.41, 5.74) is 9.32. The van der Waals surface area contributed by atoms with E-state index in [2.05, 4.69) is 16.7 Å². The van der Waals surface area contributed by atoms with Crippen LogP contribution < -0.4 is 5.73 Å². The normalized spacial score (nSPS) is 11.0. The zero-order valence-electron chi connectivity index (χ0n) is 11.0. The molecule has 0 saturated heterocycles. The number of hydrogen-bond donors (Lipinski definition) is 1. The molecule has 0 bridgehead atoms. The number of allylic oxidation sites excluding steroid dienone is 1. The van der Waals surface area contributed by atoms with Crippen LogP contribution in [0.1, 0.15) is 17.7 Å². The molecule has 4 nitrogen and oxygen atoms in total. The molecule has 0 aliphatic rings. The van der Waals surface area contributed by atoms with Crippen LogP contribution in [0.4, 0.5) is 5.69 Å². The molecule has 2 N–H and O–H groups in total. The van der Waals surface area contributed by atoms with E-state index in [9.17, 15) is 0 Å². The fourth-order valence-electron chi connectivity index (χ4n) is 1.79. The molecule has 0 saturated carbocycles. The van der Waals surface area contributed by atoms with E-state index in [4.69, 9.17) is 10.3 Å². The first kappa shape index (κ1) is 13.1. The Labute approximate surface area is 112 Å². The summed E-state index contributed by atoms with van der Waals surface area (Å²) >= 11 is 0. The number of rotatable bonds is 5. The van der Waals surface area contributed by atoms with Crippen molar-refractivity contribution in [3.63, 3.8) is 0 Å². The zero-order chi connectivity index (χ0) is 13.7. The van der Waals surface area contributed by atoms with Crippen molar-refractivity contribution >= 4 is 11.9 Å². The number of hydrogen-bond acceptors (Lipinski definition) is 4. The second-order valence-corrected chi connectivity index (χ2v) is 4.24. The summed E-state index contributed by atoms with van der Waals surface area (Å²) in [5, 5.41) is 4.04. The van der Waals surface area contributed by atoms with Gasteiger partial charge in [0.2, 0.25) is 0 Å². The van der Waals surface area contributed by atoms with Crippen LogP contribution in [0.2, 0.25) is 0 Å². The third-order valence-corrected chi connectivity index (χ3v) is 2.80. The van der Waals surface area contributed by atoms with Gasteiger partial charge < -0.3 is 10.3 Å². The molecule has 0 atom stereocenters. The van der Waals surface area contributed by atoms with Crippen LogP contribution in [-0.2, 0) is 6.42 Å². The predicted octanol–water partition coefficient (Wildman–Crippen LogP) is 3.09. The number of nitrogen functional groups attached to an aromatic ring is 1. The highest BCUT2D eigenvalue weighted by atomic mass is 16.5. The van der Waals surface area contributed by atoms with Crippen molar-refractivity contribution < 1.29 is 4.52 Å². The Morgan fingerprint density at radius 2 is 2.26 bits per heavy atom. The van der Waals surface area contributed by atoms with Crippen molar-refractivity contribution in [2.45, 2.75) is 12.8 Å². The van der Waals surface area contributed by atoms with Gasteiger partial charge in [-0.25, -0.2) is 0 Å². The molecule has 0 fully saturated rings. The van der Waals surface area contributed by atoms with E-state index in [1.54, 1.807) is 13.3 Å². The molecule has 0 radical (unpaired) electrons. The van der Waals surface area contributed by atoms with Gasteiger partial charge in [-0.1, -0.05) is 11.2 Å². The molecule has 2 rings (SSSR count). The third kappa shape index (κ3) is 3.10. The number of nitrogens with two attached hydrogens (primary N) is 1. The van der Waals surface area contributed by atoms with Crippen LogP contribution >= 0.6 is 0 Å². The van der Waals surface area contributed by atoms with Crippen LogP contribution in [0.3, 0.4) is 0 Å². The Balaban J connectivity index is 2.28. The Morgan fingerprint density at radius 1 is 1.42 bits per heavy atom. The number of nitrogens with zero attached hydrogens (tertiary/aromatic N) is 2. The number of aryl methyl sites for hydroxylation is 1. The maximum atomic E-state index is 5.88. The minimum Gasteiger partial charge on any atom is -0.398 e. The van der Waals surface area contributed by atoms with Gasteiger partial charge in [0.1, 0.15) is 0 Å². The van der Waals surface area contributed by atoms with Crippen molar-refractivity contribution in [1.82, 2.24) is 5.16 Å². The number of benzene rings is 1. The number of anilines is 1. The fourth-order valence-corrected chi connectivity index (χ4v) is 1.79. The largest absolute Gasteiger partial charge is 0.398 e. The lowest BCUT2D eigenvalue weighted by Gasteiger charge is -2.01. The van der Waals surface area contributed by atoms with Crippen molar-refractivity contribution in [3.8, 4) is 11.3 Å². The van der Waals surface area contributed by atoms with Gasteiger partial charge in [0.15, 0.2) is 5.76 Å². The molecule has 19 heavy (non-hydrogen) atoms. The molecule has 0 spiro atoms. The van der Waals surface area contributed by atoms with E-state index in [1.165, 1.54) is 0 Å². The summed E-state index contributed by atoms with van der Waals surface area (Å²) in [7, 11) is 1.72. The lowest BCUT2D eigenvalue weighted by molar-refractivity contribution is 0.423. The molecule has 2 aromatic rings. The van der Waals surface area contributed by atoms with Gasteiger partial charge in [-0.05, 0) is 31.0 Å². The van der Waals surface area contributed by atoms with Gasteiger partial charge in [0, 0.05) is 36.1 Å². The Morgan fingerprint density at radius 3 is 3.00 bits per heavy atom. The smallest absolute Gasteiger partial charge is 0.167 e. The number of aliphatic imine (C=N–C) groups is 1. The fraction of sp³-hybridized carbons (Fsp3) is 0.200. The van der Waals surface area contributed by atoms with E-state index in [1.807, 2.05) is 30.3 Å². The first-order valence-electron chi connectivity index (χ1n) is 6.13. The predicted molar refractivity (Wildman–Crippen MR) is 78.4 cm³/mol. The van der Waals surface area contributed by atoms with Crippen LogP contribution in [0.5, 0.6) is 0 Å². The number of aromatic nitrogens is 1. The SMILES string of the molecule is C=CCCc1cc(-c2ccc(N)c(C=NC)c2)on1. The second-order valence-electron chi connectivity index (χ2n) is 4.24. The Bertz CT molecular complexity index is 599. The van der Waals surface area contributed by atoms with Gasteiger partial charge in [0.05, 0.1) is 5.69 Å². The highest BCUT2D eigenvalue weighted by Gasteiger charge is 2.08. The average molecular weight is 255 g/mol. The van der Waals surface area contributed by atoms with E-state index in [0.717, 1.165) is 35.4 Å². The van der Waals surface area contributed by atoms with E-state index < -0.39 is 0 Å². The molecule has 1 aromatic carbocycles. The average Bonchev–Trinajstić information content (AvgIpc) is 2.88. The van der Waals surface area contributed by atoms with E-state index >= 15 is 0 Å². The maximum Gasteiger partial charge on any atom is 0.167 e. The van der Waals surface area contributed by atoms with Gasteiger partial charge in [-0.2, -0.15) is 0 Å². The molecule has 0 aliphatic heterocycles. The van der Waals surface area contributed by atoms with Gasteiger partial charge in [-0.15, -0.1) is 6.58 Å². The topological polar surface area (TPSA) is 64.4 Å². The summed E-state index contributed by atoms with van der Waals surface area (Å²) in [5.74, 6) is 0.741. The minimum atomic E-state index is 0.695.